The Hall–Kier alpha value is -0.630. The molecule has 0 atom stereocenters. The van der Waals surface area contributed by atoms with E-state index in [-0.39, 0.29) is 18.8 Å². The molecule has 0 aromatic rings. The fourth-order valence-corrected chi connectivity index (χ4v) is 5.22. The summed E-state index contributed by atoms with van der Waals surface area (Å²) in [4.78, 5) is 10.8. The smallest absolute Gasteiger partial charge is 0.303 e. The Morgan fingerprint density at radius 2 is 1.67 bits per heavy atom. The van der Waals surface area contributed by atoms with E-state index in [9.17, 15) is 21.6 Å². The minimum Gasteiger partial charge on any atom is -0.481 e. The molecule has 2 fully saturated rings. The van der Waals surface area contributed by atoms with E-state index in [4.69, 9.17) is 5.11 Å². The first-order valence-corrected chi connectivity index (χ1v) is 8.19. The molecule has 0 bridgehead atoms. The molecule has 104 valence electrons. The first-order chi connectivity index (χ1) is 8.32. The Kier molecular flexibility index (Phi) is 3.44. The van der Waals surface area contributed by atoms with Crippen LogP contribution in [0.15, 0.2) is 0 Å². The van der Waals surface area contributed by atoms with Crippen LogP contribution in [0, 0.1) is 11.3 Å². The molecule has 18 heavy (non-hydrogen) atoms. The molecule has 0 radical (unpaired) electrons. The molecule has 0 saturated heterocycles. The third-order valence-electron chi connectivity index (χ3n) is 3.98. The van der Waals surface area contributed by atoms with Crippen molar-refractivity contribution in [2.45, 2.75) is 42.6 Å². The molecule has 8 heteroatoms. The topological polar surface area (TPSA) is 106 Å². The van der Waals surface area contributed by atoms with E-state index in [1.165, 1.54) is 0 Å². The van der Waals surface area contributed by atoms with Crippen LogP contribution in [0.4, 0.5) is 0 Å². The lowest BCUT2D eigenvalue weighted by atomic mass is 9.94. The zero-order chi connectivity index (χ0) is 13.6. The molecule has 2 aliphatic carbocycles. The number of hydrogen-bond donors (Lipinski definition) is 3. The summed E-state index contributed by atoms with van der Waals surface area (Å²) in [5.74, 6) is -1.34. The van der Waals surface area contributed by atoms with Crippen molar-refractivity contribution in [1.82, 2.24) is 0 Å². The van der Waals surface area contributed by atoms with Gasteiger partial charge in [-0.05, 0) is 43.4 Å². The number of carboxylic acid groups (broad SMARTS) is 1. The SMILES string of the molecule is O=C(O)CC1(CC(C2CC2)([SH](=O)=O)[SH](=O)=O)CC1. The molecule has 0 amide bonds. The van der Waals surface area contributed by atoms with Crippen LogP contribution in [0.3, 0.4) is 0 Å². The molecule has 0 unspecified atom stereocenters. The molecule has 2 aliphatic rings. The molecular formula is C10H16O6S2. The van der Waals surface area contributed by atoms with Gasteiger partial charge in [-0.25, -0.2) is 16.8 Å². The number of carbonyl (C=O) groups is 1. The fourth-order valence-electron chi connectivity index (χ4n) is 2.65. The lowest BCUT2D eigenvalue weighted by Gasteiger charge is -2.26. The zero-order valence-corrected chi connectivity index (χ0v) is 11.5. The van der Waals surface area contributed by atoms with Crippen LogP contribution in [0.5, 0.6) is 0 Å². The van der Waals surface area contributed by atoms with Crippen molar-refractivity contribution in [2.24, 2.45) is 11.3 Å². The predicted octanol–water partition coefficient (Wildman–Crippen LogP) is -0.0395. The molecule has 2 rings (SSSR count). The number of carboxylic acids is 1. The van der Waals surface area contributed by atoms with Gasteiger partial charge in [0.05, 0.1) is 6.42 Å². The summed E-state index contributed by atoms with van der Waals surface area (Å²) in [6, 6.07) is 0. The average molecular weight is 296 g/mol. The number of rotatable bonds is 7. The van der Waals surface area contributed by atoms with Crippen LogP contribution in [0.1, 0.15) is 38.5 Å². The highest BCUT2D eigenvalue weighted by atomic mass is 32.2. The highest BCUT2D eigenvalue weighted by molar-refractivity contribution is 7.92. The van der Waals surface area contributed by atoms with E-state index in [0.717, 1.165) is 0 Å². The van der Waals surface area contributed by atoms with E-state index in [1.54, 1.807) is 0 Å². The van der Waals surface area contributed by atoms with Crippen molar-refractivity contribution < 1.29 is 26.7 Å². The predicted molar refractivity (Wildman–Crippen MR) is 64.6 cm³/mol. The molecule has 0 spiro atoms. The summed E-state index contributed by atoms with van der Waals surface area (Å²) in [5, 5.41) is 8.82. The number of hydrogen-bond acceptors (Lipinski definition) is 5. The monoisotopic (exact) mass is 296 g/mol. The largest absolute Gasteiger partial charge is 0.481 e. The van der Waals surface area contributed by atoms with E-state index < -0.39 is 36.9 Å². The van der Waals surface area contributed by atoms with Gasteiger partial charge in [-0.1, -0.05) is 0 Å². The minimum atomic E-state index is -3.10. The summed E-state index contributed by atoms with van der Waals surface area (Å²) in [5.41, 5.74) is -0.626. The Balaban J connectivity index is 2.29. The maximum absolute atomic E-state index is 11.4. The Morgan fingerprint density at radius 3 is 1.94 bits per heavy atom. The second kappa shape index (κ2) is 4.48. The van der Waals surface area contributed by atoms with Gasteiger partial charge in [0, 0.05) is 0 Å². The van der Waals surface area contributed by atoms with Crippen molar-refractivity contribution in [2.75, 3.05) is 0 Å². The van der Waals surface area contributed by atoms with Gasteiger partial charge in [0.2, 0.25) is 0 Å². The van der Waals surface area contributed by atoms with Crippen LogP contribution in [0.25, 0.3) is 0 Å². The van der Waals surface area contributed by atoms with Gasteiger partial charge >= 0.3 is 5.97 Å². The molecule has 1 N–H and O–H groups in total. The summed E-state index contributed by atoms with van der Waals surface area (Å²) in [6.07, 6.45) is 2.19. The van der Waals surface area contributed by atoms with Crippen LogP contribution >= 0.6 is 0 Å². The standard InChI is InChI=1S/C10H16O6S2/c11-8(12)5-9(3-4-9)6-10(17(13)14,18(15)16)7-1-2-7/h7,17-18H,1-6H2,(H,11,12). The van der Waals surface area contributed by atoms with Crippen LogP contribution in [-0.4, -0.2) is 32.0 Å². The molecule has 6 nitrogen and oxygen atoms in total. The van der Waals surface area contributed by atoms with E-state index in [1.807, 2.05) is 0 Å². The normalized spacial score (nSPS) is 22.3. The highest BCUT2D eigenvalue weighted by Crippen LogP contribution is 2.58. The molecular weight excluding hydrogens is 280 g/mol. The quantitative estimate of drug-likeness (QED) is 0.569. The number of thiol groups is 2. The molecule has 0 aromatic carbocycles. The van der Waals surface area contributed by atoms with Crippen molar-refractivity contribution in [1.29, 1.82) is 0 Å². The maximum atomic E-state index is 11.4. The third kappa shape index (κ3) is 2.40. The lowest BCUT2D eigenvalue weighted by Crippen LogP contribution is -2.38. The van der Waals surface area contributed by atoms with Crippen molar-refractivity contribution in [3.05, 3.63) is 0 Å². The zero-order valence-electron chi connectivity index (χ0n) is 9.70. The van der Waals surface area contributed by atoms with Gasteiger partial charge < -0.3 is 5.11 Å². The highest BCUT2D eigenvalue weighted by Gasteiger charge is 2.59. The summed E-state index contributed by atoms with van der Waals surface area (Å²) in [6.45, 7) is 0. The molecule has 0 aliphatic heterocycles. The molecule has 0 heterocycles. The van der Waals surface area contributed by atoms with Crippen molar-refractivity contribution >= 4 is 27.4 Å². The van der Waals surface area contributed by atoms with E-state index in [0.29, 0.717) is 25.7 Å². The van der Waals surface area contributed by atoms with Gasteiger partial charge in [-0.15, -0.1) is 0 Å². The Morgan fingerprint density at radius 1 is 1.17 bits per heavy atom. The fraction of sp³-hybridized carbons (Fsp3) is 0.900. The third-order valence-corrected chi connectivity index (χ3v) is 7.27. The summed E-state index contributed by atoms with van der Waals surface area (Å²) in [7, 11) is -6.21. The first kappa shape index (κ1) is 13.8. The van der Waals surface area contributed by atoms with Gasteiger partial charge in [-0.2, -0.15) is 0 Å². The Labute approximate surface area is 108 Å². The second-order valence-electron chi connectivity index (χ2n) is 5.41. The summed E-state index contributed by atoms with van der Waals surface area (Å²) >= 11 is 0. The first-order valence-electron chi connectivity index (χ1n) is 5.83. The van der Waals surface area contributed by atoms with Crippen molar-refractivity contribution in [3.8, 4) is 0 Å². The lowest BCUT2D eigenvalue weighted by molar-refractivity contribution is -0.138. The van der Waals surface area contributed by atoms with Crippen LogP contribution < -0.4 is 0 Å². The minimum absolute atomic E-state index is 0.0472. The number of aliphatic carboxylic acids is 1. The van der Waals surface area contributed by atoms with E-state index in [2.05, 4.69) is 0 Å². The van der Waals surface area contributed by atoms with Gasteiger partial charge in [0.25, 0.3) is 0 Å². The maximum Gasteiger partial charge on any atom is 0.303 e. The van der Waals surface area contributed by atoms with Crippen molar-refractivity contribution in [3.63, 3.8) is 0 Å². The average Bonchev–Trinajstić information content (AvgIpc) is 3.07. The van der Waals surface area contributed by atoms with Crippen LogP contribution in [-0.2, 0) is 26.2 Å². The van der Waals surface area contributed by atoms with E-state index >= 15 is 0 Å². The molecule has 2 saturated carbocycles. The van der Waals surface area contributed by atoms with Gasteiger partial charge in [0.15, 0.2) is 25.5 Å². The Bertz CT molecular complexity index is 472. The molecule has 0 aromatic heterocycles. The summed E-state index contributed by atoms with van der Waals surface area (Å²) < 4.78 is 44.1. The van der Waals surface area contributed by atoms with Gasteiger partial charge in [-0.3, -0.25) is 4.79 Å². The van der Waals surface area contributed by atoms with Crippen LogP contribution in [0.2, 0.25) is 0 Å². The van der Waals surface area contributed by atoms with Gasteiger partial charge in [0.1, 0.15) is 0 Å². The second-order valence-corrected chi connectivity index (χ2v) is 8.39.